The average Bonchev–Trinajstić information content (AvgIpc) is 3.01. The minimum atomic E-state index is -0.237. The Morgan fingerprint density at radius 2 is 1.88 bits per heavy atom. The fraction of sp³-hybridized carbons (Fsp3) is 0.0625. The number of carbonyl (C=O) groups is 1. The van der Waals surface area contributed by atoms with Crippen LogP contribution in [0.2, 0.25) is 10.0 Å². The number of fused-ring (bicyclic) bond motifs is 1. The van der Waals surface area contributed by atoms with Gasteiger partial charge < -0.3 is 0 Å². The first-order valence-electron chi connectivity index (χ1n) is 7.06. The molecule has 24 heavy (non-hydrogen) atoms. The number of benzene rings is 2. The Bertz CT molecular complexity index is 929. The second-order valence-corrected chi connectivity index (χ2v) is 6.83. The third kappa shape index (κ3) is 2.66. The molecule has 1 amide bonds. The molecule has 0 saturated heterocycles. The third-order valence-electron chi connectivity index (χ3n) is 3.55. The maximum Gasteiger partial charge on any atom is 0.352 e. The summed E-state index contributed by atoms with van der Waals surface area (Å²) in [5.41, 5.74) is 1.46. The first-order chi connectivity index (χ1) is 11.6. The lowest BCUT2D eigenvalue weighted by atomic mass is 10.2. The van der Waals surface area contributed by atoms with Crippen molar-refractivity contribution in [1.29, 1.82) is 0 Å². The zero-order valence-electron chi connectivity index (χ0n) is 12.2. The van der Waals surface area contributed by atoms with Crippen molar-refractivity contribution in [3.63, 3.8) is 0 Å². The van der Waals surface area contributed by atoms with Crippen LogP contribution in [0.1, 0.15) is 0 Å². The van der Waals surface area contributed by atoms with Crippen molar-refractivity contribution in [2.24, 2.45) is 0 Å². The van der Waals surface area contributed by atoms with Gasteiger partial charge in [-0.3, -0.25) is 4.90 Å². The maximum atomic E-state index is 12.7. The highest BCUT2D eigenvalue weighted by Gasteiger charge is 2.29. The minimum Gasteiger partial charge on any atom is -0.282 e. The normalized spacial score (nSPS) is 13.9. The standard InChI is InChI=1S/C16H10Cl2N4OS/c17-10-6-7-12(13(18)8-10)14-19-15-22(20-14)16(23)21(9-24-15)11-4-2-1-3-5-11/h1-8H,9H2. The molecule has 0 atom stereocenters. The minimum absolute atomic E-state index is 0.237. The second-order valence-electron chi connectivity index (χ2n) is 5.07. The van der Waals surface area contributed by atoms with Crippen LogP contribution in [0.25, 0.3) is 11.4 Å². The molecule has 0 saturated carbocycles. The Kier molecular flexibility index (Phi) is 3.96. The highest BCUT2D eigenvalue weighted by molar-refractivity contribution is 7.99. The molecular weight excluding hydrogens is 367 g/mol. The molecule has 1 aliphatic heterocycles. The van der Waals surface area contributed by atoms with E-state index < -0.39 is 0 Å². The van der Waals surface area contributed by atoms with Gasteiger partial charge in [-0.25, -0.2) is 9.78 Å². The Morgan fingerprint density at radius 3 is 2.62 bits per heavy atom. The number of rotatable bonds is 2. The van der Waals surface area contributed by atoms with E-state index in [1.807, 2.05) is 30.3 Å². The van der Waals surface area contributed by atoms with E-state index in [1.54, 1.807) is 23.1 Å². The van der Waals surface area contributed by atoms with Gasteiger partial charge in [0.2, 0.25) is 0 Å². The first kappa shape index (κ1) is 15.5. The van der Waals surface area contributed by atoms with Crippen LogP contribution in [-0.4, -0.2) is 26.7 Å². The van der Waals surface area contributed by atoms with E-state index >= 15 is 0 Å². The number of aromatic nitrogens is 3. The van der Waals surface area contributed by atoms with Crippen LogP contribution < -0.4 is 4.90 Å². The molecule has 1 aliphatic rings. The van der Waals surface area contributed by atoms with E-state index in [4.69, 9.17) is 23.2 Å². The predicted molar refractivity (Wildman–Crippen MR) is 95.9 cm³/mol. The van der Waals surface area contributed by atoms with Crippen molar-refractivity contribution in [2.75, 3.05) is 10.8 Å². The van der Waals surface area contributed by atoms with Gasteiger partial charge in [-0.2, -0.15) is 4.68 Å². The summed E-state index contributed by atoms with van der Waals surface area (Å²) >= 11 is 13.6. The molecule has 0 aliphatic carbocycles. The van der Waals surface area contributed by atoms with Crippen LogP contribution in [0.3, 0.4) is 0 Å². The van der Waals surface area contributed by atoms with E-state index in [9.17, 15) is 4.79 Å². The molecule has 3 aromatic rings. The summed E-state index contributed by atoms with van der Waals surface area (Å²) in [6.45, 7) is 0. The Hall–Kier alpha value is -2.02. The third-order valence-corrected chi connectivity index (χ3v) is 5.01. The number of para-hydroxylation sites is 1. The number of anilines is 1. The lowest BCUT2D eigenvalue weighted by molar-refractivity contribution is 0.243. The largest absolute Gasteiger partial charge is 0.352 e. The van der Waals surface area contributed by atoms with Crippen molar-refractivity contribution in [2.45, 2.75) is 5.16 Å². The molecule has 4 rings (SSSR count). The van der Waals surface area contributed by atoms with Gasteiger partial charge in [-0.05, 0) is 30.3 Å². The molecule has 0 spiro atoms. The van der Waals surface area contributed by atoms with Crippen molar-refractivity contribution in [3.8, 4) is 11.4 Å². The Morgan fingerprint density at radius 1 is 1.08 bits per heavy atom. The van der Waals surface area contributed by atoms with Crippen molar-refractivity contribution >= 4 is 46.7 Å². The number of halogens is 2. The smallest absolute Gasteiger partial charge is 0.282 e. The number of thioether (sulfide) groups is 1. The van der Waals surface area contributed by atoms with Gasteiger partial charge in [0.05, 0.1) is 10.9 Å². The van der Waals surface area contributed by atoms with Gasteiger partial charge in [-0.1, -0.05) is 53.2 Å². The zero-order chi connectivity index (χ0) is 16.7. The first-order valence-corrected chi connectivity index (χ1v) is 8.80. The molecular formula is C16H10Cl2N4OS. The van der Waals surface area contributed by atoms with E-state index in [0.717, 1.165) is 5.69 Å². The van der Waals surface area contributed by atoms with Crippen LogP contribution in [0, 0.1) is 0 Å². The van der Waals surface area contributed by atoms with E-state index in [-0.39, 0.29) is 6.03 Å². The number of hydrogen-bond donors (Lipinski definition) is 0. The summed E-state index contributed by atoms with van der Waals surface area (Å²) in [5.74, 6) is 0.887. The fourth-order valence-electron chi connectivity index (χ4n) is 2.39. The van der Waals surface area contributed by atoms with Gasteiger partial charge >= 0.3 is 6.03 Å². The molecule has 8 heteroatoms. The van der Waals surface area contributed by atoms with Crippen LogP contribution >= 0.6 is 35.0 Å². The molecule has 2 heterocycles. The Labute approximate surface area is 152 Å². The molecule has 1 aromatic heterocycles. The SMILES string of the molecule is O=C1N(c2ccccc2)CSc2nc(-c3ccc(Cl)cc3Cl)nn21. The highest BCUT2D eigenvalue weighted by Crippen LogP contribution is 2.32. The molecule has 0 fully saturated rings. The molecule has 0 unspecified atom stereocenters. The van der Waals surface area contributed by atoms with Crippen LogP contribution in [-0.2, 0) is 0 Å². The quantitative estimate of drug-likeness (QED) is 0.644. The maximum absolute atomic E-state index is 12.7. The molecule has 120 valence electrons. The highest BCUT2D eigenvalue weighted by atomic mass is 35.5. The zero-order valence-corrected chi connectivity index (χ0v) is 14.5. The van der Waals surface area contributed by atoms with Gasteiger partial charge in [0.1, 0.15) is 0 Å². The Balaban J connectivity index is 1.72. The molecule has 2 aromatic carbocycles. The van der Waals surface area contributed by atoms with Gasteiger partial charge in [0, 0.05) is 16.3 Å². The summed E-state index contributed by atoms with van der Waals surface area (Å²) in [6.07, 6.45) is 0. The predicted octanol–water partition coefficient (Wildman–Crippen LogP) is 4.79. The lowest BCUT2D eigenvalue weighted by Crippen LogP contribution is -2.38. The molecule has 0 bridgehead atoms. The summed E-state index contributed by atoms with van der Waals surface area (Å²) in [7, 11) is 0. The van der Waals surface area contributed by atoms with E-state index in [2.05, 4.69) is 10.1 Å². The number of nitrogens with zero attached hydrogens (tertiary/aromatic N) is 4. The monoisotopic (exact) mass is 376 g/mol. The average molecular weight is 377 g/mol. The van der Waals surface area contributed by atoms with Crippen molar-refractivity contribution in [1.82, 2.24) is 14.8 Å². The van der Waals surface area contributed by atoms with Gasteiger partial charge in [0.25, 0.3) is 0 Å². The summed E-state index contributed by atoms with van der Waals surface area (Å²) in [5, 5.41) is 5.87. The number of amides is 1. The molecule has 0 N–H and O–H groups in total. The van der Waals surface area contributed by atoms with Crippen LogP contribution in [0.4, 0.5) is 10.5 Å². The van der Waals surface area contributed by atoms with E-state index in [0.29, 0.717) is 32.5 Å². The molecule has 5 nitrogen and oxygen atoms in total. The topological polar surface area (TPSA) is 51.0 Å². The number of hydrogen-bond acceptors (Lipinski definition) is 4. The van der Waals surface area contributed by atoms with E-state index in [1.165, 1.54) is 16.4 Å². The van der Waals surface area contributed by atoms with Crippen LogP contribution in [0.15, 0.2) is 53.7 Å². The van der Waals surface area contributed by atoms with Crippen LogP contribution in [0.5, 0.6) is 0 Å². The van der Waals surface area contributed by atoms with Crippen molar-refractivity contribution in [3.05, 3.63) is 58.6 Å². The van der Waals surface area contributed by atoms with Gasteiger partial charge in [-0.15, -0.1) is 5.10 Å². The fourth-order valence-corrected chi connectivity index (χ4v) is 3.77. The number of carbonyl (C=O) groups excluding carboxylic acids is 1. The summed E-state index contributed by atoms with van der Waals surface area (Å²) in [6, 6.07) is 14.3. The van der Waals surface area contributed by atoms with Gasteiger partial charge in [0.15, 0.2) is 11.0 Å². The second kappa shape index (κ2) is 6.12. The molecule has 0 radical (unpaired) electrons. The summed E-state index contributed by atoms with van der Waals surface area (Å²) in [4.78, 5) is 18.8. The summed E-state index contributed by atoms with van der Waals surface area (Å²) < 4.78 is 1.31. The van der Waals surface area contributed by atoms with Crippen molar-refractivity contribution < 1.29 is 4.79 Å². The lowest BCUT2D eigenvalue weighted by Gasteiger charge is -2.25.